The Labute approximate surface area is 106 Å². The van der Waals surface area contributed by atoms with Crippen molar-refractivity contribution in [2.24, 2.45) is 0 Å². The molecule has 0 spiro atoms. The first-order valence-electron chi connectivity index (χ1n) is 5.87. The van der Waals surface area contributed by atoms with Gasteiger partial charge in [-0.05, 0) is 24.3 Å². The van der Waals surface area contributed by atoms with Gasteiger partial charge in [-0.15, -0.1) is 0 Å². The van der Waals surface area contributed by atoms with E-state index < -0.39 is 0 Å². The van der Waals surface area contributed by atoms with Crippen molar-refractivity contribution in [2.75, 3.05) is 12.3 Å². The lowest BCUT2D eigenvalue weighted by atomic mass is 10.1. The molecule has 4 nitrogen and oxygen atoms in total. The molecule has 0 fully saturated rings. The van der Waals surface area contributed by atoms with Crippen LogP contribution in [0.2, 0.25) is 0 Å². The summed E-state index contributed by atoms with van der Waals surface area (Å²) in [4.78, 5) is 11.8. The Morgan fingerprint density at radius 2 is 2.17 bits per heavy atom. The predicted molar refractivity (Wildman–Crippen MR) is 70.2 cm³/mol. The molecule has 1 aromatic heterocycles. The summed E-state index contributed by atoms with van der Waals surface area (Å²) in [6.07, 6.45) is 2.08. The fourth-order valence-electron chi connectivity index (χ4n) is 1.68. The minimum absolute atomic E-state index is 0.0919. The van der Waals surface area contributed by atoms with Gasteiger partial charge in [-0.1, -0.05) is 12.1 Å². The van der Waals surface area contributed by atoms with Crippen LogP contribution in [0, 0.1) is 0 Å². The molecule has 0 saturated heterocycles. The van der Waals surface area contributed by atoms with Crippen LogP contribution in [0.25, 0.3) is 0 Å². The van der Waals surface area contributed by atoms with Gasteiger partial charge < -0.3 is 15.5 Å². The standard InChI is InChI=1S/C14H16N2O2/c15-12-4-1-3-11(9-12)14(17)6-7-16-10-13-5-2-8-18-13/h1-5,8-9,16H,6-7,10,15H2. The van der Waals surface area contributed by atoms with E-state index in [1.165, 1.54) is 0 Å². The first-order chi connectivity index (χ1) is 8.75. The lowest BCUT2D eigenvalue weighted by Gasteiger charge is -2.03. The number of nitrogens with two attached hydrogens (primary N) is 1. The summed E-state index contributed by atoms with van der Waals surface area (Å²) in [5.41, 5.74) is 6.91. The van der Waals surface area contributed by atoms with Crippen LogP contribution in [0.3, 0.4) is 0 Å². The van der Waals surface area contributed by atoms with Gasteiger partial charge in [0.25, 0.3) is 0 Å². The third-order valence-electron chi connectivity index (χ3n) is 2.62. The summed E-state index contributed by atoms with van der Waals surface area (Å²) in [6, 6.07) is 10.8. The second-order valence-electron chi connectivity index (χ2n) is 4.05. The van der Waals surface area contributed by atoms with Crippen LogP contribution in [0.4, 0.5) is 5.69 Å². The Balaban J connectivity index is 1.75. The quantitative estimate of drug-likeness (QED) is 0.464. The SMILES string of the molecule is Nc1cccc(C(=O)CCNCc2ccco2)c1. The molecule has 0 unspecified atom stereocenters. The zero-order chi connectivity index (χ0) is 12.8. The largest absolute Gasteiger partial charge is 0.468 e. The molecule has 18 heavy (non-hydrogen) atoms. The third-order valence-corrected chi connectivity index (χ3v) is 2.62. The topological polar surface area (TPSA) is 68.3 Å². The molecule has 0 radical (unpaired) electrons. The van der Waals surface area contributed by atoms with Crippen molar-refractivity contribution in [1.82, 2.24) is 5.32 Å². The average Bonchev–Trinajstić information content (AvgIpc) is 2.87. The predicted octanol–water partition coefficient (Wildman–Crippen LogP) is 2.22. The number of benzene rings is 1. The number of Topliss-reactive ketones (excluding diaryl/α,β-unsaturated/α-hetero) is 1. The lowest BCUT2D eigenvalue weighted by molar-refractivity contribution is 0.0982. The van der Waals surface area contributed by atoms with Crippen molar-refractivity contribution in [1.29, 1.82) is 0 Å². The number of nitrogens with one attached hydrogen (secondary N) is 1. The maximum absolute atomic E-state index is 11.8. The number of hydrogen-bond acceptors (Lipinski definition) is 4. The van der Waals surface area contributed by atoms with Crippen molar-refractivity contribution < 1.29 is 9.21 Å². The smallest absolute Gasteiger partial charge is 0.164 e. The summed E-state index contributed by atoms with van der Waals surface area (Å²) < 4.78 is 5.18. The molecule has 0 amide bonds. The molecule has 0 aliphatic rings. The molecule has 1 aromatic carbocycles. The van der Waals surface area contributed by atoms with Crippen LogP contribution >= 0.6 is 0 Å². The van der Waals surface area contributed by atoms with Gasteiger partial charge in [0.05, 0.1) is 12.8 Å². The normalized spacial score (nSPS) is 10.4. The highest BCUT2D eigenvalue weighted by molar-refractivity contribution is 5.96. The molecule has 1 heterocycles. The molecule has 94 valence electrons. The number of hydrogen-bond donors (Lipinski definition) is 2. The van der Waals surface area contributed by atoms with Crippen LogP contribution in [-0.4, -0.2) is 12.3 Å². The Kier molecular flexibility index (Phi) is 4.15. The van der Waals surface area contributed by atoms with Crippen molar-refractivity contribution in [3.05, 3.63) is 54.0 Å². The van der Waals surface area contributed by atoms with Crippen molar-refractivity contribution in [2.45, 2.75) is 13.0 Å². The maximum Gasteiger partial charge on any atom is 0.164 e. The van der Waals surface area contributed by atoms with E-state index in [9.17, 15) is 4.79 Å². The Hall–Kier alpha value is -2.07. The number of carbonyl (C=O) groups excluding carboxylic acids is 1. The van der Waals surface area contributed by atoms with E-state index in [1.807, 2.05) is 12.1 Å². The van der Waals surface area contributed by atoms with E-state index in [1.54, 1.807) is 30.5 Å². The monoisotopic (exact) mass is 244 g/mol. The average molecular weight is 244 g/mol. The highest BCUT2D eigenvalue weighted by atomic mass is 16.3. The summed E-state index contributed by atoms with van der Waals surface area (Å²) in [7, 11) is 0. The van der Waals surface area contributed by atoms with Crippen LogP contribution in [0.15, 0.2) is 47.1 Å². The van der Waals surface area contributed by atoms with Gasteiger partial charge in [-0.25, -0.2) is 0 Å². The number of furan rings is 1. The molecule has 4 heteroatoms. The number of nitrogen functional groups attached to an aromatic ring is 1. The van der Waals surface area contributed by atoms with Crippen LogP contribution in [-0.2, 0) is 6.54 Å². The summed E-state index contributed by atoms with van der Waals surface area (Å²) in [5.74, 6) is 0.959. The van der Waals surface area contributed by atoms with Crippen molar-refractivity contribution in [3.63, 3.8) is 0 Å². The van der Waals surface area contributed by atoms with E-state index in [4.69, 9.17) is 10.2 Å². The molecule has 0 atom stereocenters. The zero-order valence-electron chi connectivity index (χ0n) is 10.1. The Bertz CT molecular complexity index is 506. The fourth-order valence-corrected chi connectivity index (χ4v) is 1.68. The van der Waals surface area contributed by atoms with Crippen LogP contribution in [0.1, 0.15) is 22.5 Å². The molecule has 0 aliphatic heterocycles. The molecular formula is C14H16N2O2. The molecule has 0 bridgehead atoms. The number of rotatable bonds is 6. The van der Waals surface area contributed by atoms with E-state index in [0.29, 0.717) is 30.8 Å². The second kappa shape index (κ2) is 6.02. The first-order valence-corrected chi connectivity index (χ1v) is 5.87. The summed E-state index contributed by atoms with van der Waals surface area (Å²) >= 11 is 0. The maximum atomic E-state index is 11.8. The highest BCUT2D eigenvalue weighted by Crippen LogP contribution is 2.08. The highest BCUT2D eigenvalue weighted by Gasteiger charge is 2.05. The number of ketones is 1. The van der Waals surface area contributed by atoms with Gasteiger partial charge in [0.15, 0.2) is 5.78 Å². The van der Waals surface area contributed by atoms with E-state index >= 15 is 0 Å². The van der Waals surface area contributed by atoms with Gasteiger partial charge in [0, 0.05) is 24.2 Å². The lowest BCUT2D eigenvalue weighted by Crippen LogP contribution is -2.17. The van der Waals surface area contributed by atoms with E-state index in [0.717, 1.165) is 5.76 Å². The van der Waals surface area contributed by atoms with Gasteiger partial charge in [0.2, 0.25) is 0 Å². The van der Waals surface area contributed by atoms with E-state index in [-0.39, 0.29) is 5.78 Å². The second-order valence-corrected chi connectivity index (χ2v) is 4.05. The molecule has 0 aliphatic carbocycles. The molecule has 2 rings (SSSR count). The zero-order valence-corrected chi connectivity index (χ0v) is 10.1. The molecular weight excluding hydrogens is 228 g/mol. The first kappa shape index (κ1) is 12.4. The van der Waals surface area contributed by atoms with Gasteiger partial charge in [-0.3, -0.25) is 4.79 Å². The fraction of sp³-hybridized carbons (Fsp3) is 0.214. The van der Waals surface area contributed by atoms with Gasteiger partial charge in [0.1, 0.15) is 5.76 Å². The Morgan fingerprint density at radius 3 is 2.89 bits per heavy atom. The summed E-state index contributed by atoms with van der Waals surface area (Å²) in [5, 5.41) is 3.16. The van der Waals surface area contributed by atoms with Gasteiger partial charge >= 0.3 is 0 Å². The van der Waals surface area contributed by atoms with Crippen LogP contribution in [0.5, 0.6) is 0 Å². The third kappa shape index (κ3) is 3.46. The molecule has 2 aromatic rings. The minimum Gasteiger partial charge on any atom is -0.468 e. The van der Waals surface area contributed by atoms with Crippen LogP contribution < -0.4 is 11.1 Å². The number of carbonyl (C=O) groups is 1. The molecule has 3 N–H and O–H groups in total. The number of anilines is 1. The summed E-state index contributed by atoms with van der Waals surface area (Å²) in [6.45, 7) is 1.26. The van der Waals surface area contributed by atoms with E-state index in [2.05, 4.69) is 5.32 Å². The van der Waals surface area contributed by atoms with Gasteiger partial charge in [-0.2, -0.15) is 0 Å². The minimum atomic E-state index is 0.0919. The van der Waals surface area contributed by atoms with Crippen molar-refractivity contribution >= 4 is 11.5 Å². The molecule has 0 saturated carbocycles. The Morgan fingerprint density at radius 1 is 1.28 bits per heavy atom. The van der Waals surface area contributed by atoms with Crippen molar-refractivity contribution in [3.8, 4) is 0 Å².